The van der Waals surface area contributed by atoms with Crippen molar-refractivity contribution in [3.8, 4) is 0 Å². The molecule has 2 aliphatic heterocycles. The van der Waals surface area contributed by atoms with E-state index in [1.165, 1.54) is 11.8 Å². The van der Waals surface area contributed by atoms with E-state index in [1.807, 2.05) is 30.3 Å². The first kappa shape index (κ1) is 15.8. The minimum atomic E-state index is -0.124. The highest BCUT2D eigenvalue weighted by Crippen LogP contribution is 2.30. The molecule has 0 bridgehead atoms. The van der Waals surface area contributed by atoms with Crippen molar-refractivity contribution < 1.29 is 4.79 Å². The Kier molecular flexibility index (Phi) is 5.00. The zero-order chi connectivity index (χ0) is 15.5. The molecule has 1 aromatic carbocycles. The van der Waals surface area contributed by atoms with Crippen LogP contribution in [0.3, 0.4) is 0 Å². The van der Waals surface area contributed by atoms with Crippen LogP contribution >= 0.6 is 27.7 Å². The minimum absolute atomic E-state index is 0.124. The van der Waals surface area contributed by atoms with E-state index in [2.05, 4.69) is 37.6 Å². The second-order valence-electron chi connectivity index (χ2n) is 5.28. The summed E-state index contributed by atoms with van der Waals surface area (Å²) in [7, 11) is 0. The summed E-state index contributed by atoms with van der Waals surface area (Å²) in [4.78, 5) is 21.7. The van der Waals surface area contributed by atoms with Crippen molar-refractivity contribution >= 4 is 44.8 Å². The Morgan fingerprint density at radius 2 is 1.91 bits per heavy atom. The number of thioether (sulfide) groups is 1. The molecular weight excluding hydrogens is 362 g/mol. The first-order valence-corrected chi connectivity index (χ1v) is 9.02. The van der Waals surface area contributed by atoms with Crippen LogP contribution in [0.5, 0.6) is 0 Å². The molecule has 0 N–H and O–H groups in total. The van der Waals surface area contributed by atoms with Crippen LogP contribution in [0.25, 0.3) is 6.08 Å². The summed E-state index contributed by atoms with van der Waals surface area (Å²) in [6.07, 6.45) is 1.91. The van der Waals surface area contributed by atoms with Gasteiger partial charge in [-0.25, -0.2) is 0 Å². The molecule has 0 aromatic heterocycles. The van der Waals surface area contributed by atoms with Crippen molar-refractivity contribution in [2.75, 3.05) is 32.7 Å². The van der Waals surface area contributed by atoms with Gasteiger partial charge >= 0.3 is 0 Å². The van der Waals surface area contributed by atoms with Crippen molar-refractivity contribution in [1.29, 1.82) is 0 Å². The zero-order valence-corrected chi connectivity index (χ0v) is 14.9. The van der Waals surface area contributed by atoms with E-state index in [4.69, 9.17) is 0 Å². The van der Waals surface area contributed by atoms with Crippen molar-refractivity contribution in [1.82, 2.24) is 9.80 Å². The number of carbonyl (C=O) groups excluding carboxylic acids is 1. The van der Waals surface area contributed by atoms with Crippen molar-refractivity contribution in [2.24, 2.45) is 4.99 Å². The number of nitrogens with zero attached hydrogens (tertiary/aromatic N) is 3. The monoisotopic (exact) mass is 379 g/mol. The van der Waals surface area contributed by atoms with Crippen molar-refractivity contribution in [2.45, 2.75) is 6.92 Å². The number of benzene rings is 1. The summed E-state index contributed by atoms with van der Waals surface area (Å²) in [5, 5.41) is 0.851. The third kappa shape index (κ3) is 3.62. The summed E-state index contributed by atoms with van der Waals surface area (Å²) < 4.78 is 1.03. The maximum atomic E-state index is 12.1. The molecule has 116 valence electrons. The predicted octanol–water partition coefficient (Wildman–Crippen LogP) is 3.06. The van der Waals surface area contributed by atoms with E-state index < -0.39 is 0 Å². The molecule has 0 spiro atoms. The normalized spacial score (nSPS) is 21.5. The number of likely N-dealkylation sites (N-methyl/N-ethyl adjacent to an activating group) is 1. The Hall–Kier alpha value is -1.11. The van der Waals surface area contributed by atoms with Crippen LogP contribution in [0.4, 0.5) is 0 Å². The summed E-state index contributed by atoms with van der Waals surface area (Å²) in [5.74, 6) is -0.124. The number of aliphatic imine (C=N–C) groups is 1. The SMILES string of the molecule is CCN1CCN(C2=NC(=O)/C(=C/c3ccc(Br)cc3)S2)CC1. The second kappa shape index (κ2) is 6.98. The summed E-state index contributed by atoms with van der Waals surface area (Å²) in [5.41, 5.74) is 1.02. The third-order valence-corrected chi connectivity index (χ3v) is 5.44. The molecule has 1 saturated heterocycles. The van der Waals surface area contributed by atoms with Gasteiger partial charge in [0.15, 0.2) is 5.17 Å². The summed E-state index contributed by atoms with van der Waals surface area (Å²) in [6.45, 7) is 7.23. The summed E-state index contributed by atoms with van der Waals surface area (Å²) >= 11 is 4.91. The standard InChI is InChI=1S/C16H18BrN3OS/c1-2-19-7-9-20(10-8-19)16-18-15(21)14(22-16)11-12-3-5-13(17)6-4-12/h3-6,11H,2,7-10H2,1H3/b14-11-. The zero-order valence-electron chi connectivity index (χ0n) is 12.5. The lowest BCUT2D eigenvalue weighted by Crippen LogP contribution is -2.47. The van der Waals surface area contributed by atoms with Crippen LogP contribution in [0.15, 0.2) is 38.6 Å². The highest BCUT2D eigenvalue weighted by Gasteiger charge is 2.28. The number of amides is 1. The van der Waals surface area contributed by atoms with Gasteiger partial charge in [-0.2, -0.15) is 4.99 Å². The second-order valence-corrected chi connectivity index (χ2v) is 7.21. The fraction of sp³-hybridized carbons (Fsp3) is 0.375. The van der Waals surface area contributed by atoms with Gasteiger partial charge in [-0.05, 0) is 42.1 Å². The fourth-order valence-corrected chi connectivity index (χ4v) is 3.73. The van der Waals surface area contributed by atoms with E-state index in [-0.39, 0.29) is 5.91 Å². The quantitative estimate of drug-likeness (QED) is 0.739. The summed E-state index contributed by atoms with van der Waals surface area (Å²) in [6, 6.07) is 7.93. The molecule has 0 unspecified atom stereocenters. The van der Waals surface area contributed by atoms with Crippen LogP contribution in [0.2, 0.25) is 0 Å². The Morgan fingerprint density at radius 1 is 1.23 bits per heavy atom. The predicted molar refractivity (Wildman–Crippen MR) is 95.8 cm³/mol. The van der Waals surface area contributed by atoms with Gasteiger partial charge in [-0.1, -0.05) is 35.0 Å². The van der Waals surface area contributed by atoms with E-state index in [1.54, 1.807) is 0 Å². The van der Waals surface area contributed by atoms with Gasteiger partial charge in [0.1, 0.15) is 0 Å². The maximum absolute atomic E-state index is 12.1. The van der Waals surface area contributed by atoms with Crippen LogP contribution in [0.1, 0.15) is 12.5 Å². The average molecular weight is 380 g/mol. The lowest BCUT2D eigenvalue weighted by molar-refractivity contribution is -0.113. The molecule has 1 amide bonds. The Labute approximate surface area is 143 Å². The maximum Gasteiger partial charge on any atom is 0.286 e. The van der Waals surface area contributed by atoms with Crippen LogP contribution < -0.4 is 0 Å². The number of rotatable bonds is 2. The Balaban J connectivity index is 1.67. The molecule has 4 nitrogen and oxygen atoms in total. The molecule has 3 rings (SSSR count). The molecule has 6 heteroatoms. The van der Waals surface area contributed by atoms with Crippen molar-refractivity contribution in [3.63, 3.8) is 0 Å². The number of hydrogen-bond acceptors (Lipinski definition) is 4. The van der Waals surface area contributed by atoms with Gasteiger partial charge in [0.05, 0.1) is 4.91 Å². The van der Waals surface area contributed by atoms with Gasteiger partial charge in [0.25, 0.3) is 5.91 Å². The van der Waals surface area contributed by atoms with Gasteiger partial charge in [0, 0.05) is 30.7 Å². The molecule has 1 aromatic rings. The minimum Gasteiger partial charge on any atom is -0.348 e. The lowest BCUT2D eigenvalue weighted by atomic mass is 10.2. The molecule has 0 atom stereocenters. The van der Waals surface area contributed by atoms with E-state index >= 15 is 0 Å². The first-order valence-electron chi connectivity index (χ1n) is 7.41. The Bertz CT molecular complexity index is 619. The highest BCUT2D eigenvalue weighted by molar-refractivity contribution is 9.10. The van der Waals surface area contributed by atoms with Crippen molar-refractivity contribution in [3.05, 3.63) is 39.2 Å². The van der Waals surface area contributed by atoms with Gasteiger partial charge in [-0.3, -0.25) is 4.79 Å². The fourth-order valence-electron chi connectivity index (χ4n) is 2.50. The number of piperazine rings is 1. The molecule has 2 heterocycles. The number of halogens is 1. The smallest absolute Gasteiger partial charge is 0.286 e. The van der Waals surface area contributed by atoms with Gasteiger partial charge in [0.2, 0.25) is 0 Å². The molecule has 1 fully saturated rings. The van der Waals surface area contributed by atoms with Gasteiger partial charge < -0.3 is 9.80 Å². The number of carbonyl (C=O) groups is 1. The van der Waals surface area contributed by atoms with Crippen LogP contribution in [-0.2, 0) is 4.79 Å². The van der Waals surface area contributed by atoms with Gasteiger partial charge in [-0.15, -0.1) is 0 Å². The molecule has 0 saturated carbocycles. The lowest BCUT2D eigenvalue weighted by Gasteiger charge is -2.34. The molecule has 0 aliphatic carbocycles. The molecule has 0 radical (unpaired) electrons. The van der Waals surface area contributed by atoms with Crippen LogP contribution in [0, 0.1) is 0 Å². The molecular formula is C16H18BrN3OS. The molecule has 22 heavy (non-hydrogen) atoms. The number of hydrogen-bond donors (Lipinski definition) is 0. The van der Waals surface area contributed by atoms with Crippen LogP contribution in [-0.4, -0.2) is 53.6 Å². The molecule has 2 aliphatic rings. The Morgan fingerprint density at radius 3 is 2.55 bits per heavy atom. The van der Waals surface area contributed by atoms with E-state index in [0.29, 0.717) is 4.91 Å². The highest BCUT2D eigenvalue weighted by atomic mass is 79.9. The largest absolute Gasteiger partial charge is 0.348 e. The third-order valence-electron chi connectivity index (χ3n) is 3.87. The number of amidine groups is 1. The average Bonchev–Trinajstić information content (AvgIpc) is 2.91. The van der Waals surface area contributed by atoms with E-state index in [0.717, 1.165) is 47.9 Å². The first-order chi connectivity index (χ1) is 10.7. The van der Waals surface area contributed by atoms with E-state index in [9.17, 15) is 4.79 Å². The topological polar surface area (TPSA) is 35.9 Å².